The zero-order chi connectivity index (χ0) is 22.1. The molecule has 32 heavy (non-hydrogen) atoms. The fourth-order valence-electron chi connectivity index (χ4n) is 4.74. The quantitative estimate of drug-likeness (QED) is 0.278. The van der Waals surface area contributed by atoms with Gasteiger partial charge in [0, 0.05) is 24.2 Å². The molecule has 166 valence electrons. The van der Waals surface area contributed by atoms with E-state index in [1.165, 1.54) is 34.2 Å². The van der Waals surface area contributed by atoms with Gasteiger partial charge in [-0.05, 0) is 48.6 Å². The first-order valence-corrected chi connectivity index (χ1v) is 13.4. The monoisotopic (exact) mass is 464 g/mol. The van der Waals surface area contributed by atoms with Crippen molar-refractivity contribution in [1.29, 1.82) is 0 Å². The molecule has 1 aliphatic carbocycles. The Balaban J connectivity index is 1.73. The molecular weight excluding hydrogens is 436 g/mol. The molecule has 5 nitrogen and oxygen atoms in total. The van der Waals surface area contributed by atoms with Crippen LogP contribution in [-0.4, -0.2) is 39.5 Å². The predicted molar refractivity (Wildman–Crippen MR) is 135 cm³/mol. The van der Waals surface area contributed by atoms with E-state index in [1.54, 1.807) is 23.1 Å². The summed E-state index contributed by atoms with van der Waals surface area (Å²) in [7, 11) is 0. The van der Waals surface area contributed by atoms with Crippen LogP contribution in [0.15, 0.2) is 35.5 Å². The van der Waals surface area contributed by atoms with Crippen molar-refractivity contribution in [2.75, 3.05) is 24.3 Å². The van der Waals surface area contributed by atoms with Gasteiger partial charge in [0.15, 0.2) is 11.0 Å². The smallest absolute Gasteiger partial charge is 0.189 e. The van der Waals surface area contributed by atoms with Crippen LogP contribution in [0.25, 0.3) is 20.4 Å². The first-order chi connectivity index (χ1) is 15.7. The Morgan fingerprint density at radius 2 is 1.91 bits per heavy atom. The van der Waals surface area contributed by atoms with Crippen molar-refractivity contribution >= 4 is 49.3 Å². The maximum atomic E-state index is 9.84. The number of pyridine rings is 1. The molecule has 0 aliphatic heterocycles. The van der Waals surface area contributed by atoms with Crippen molar-refractivity contribution < 1.29 is 5.11 Å². The molecule has 0 saturated heterocycles. The second kappa shape index (κ2) is 9.33. The molecule has 0 saturated carbocycles. The fourth-order valence-corrected chi connectivity index (χ4v) is 6.29. The first-order valence-electron chi connectivity index (χ1n) is 11.3. The molecular formula is C25H28N4OS2. The van der Waals surface area contributed by atoms with Crippen LogP contribution < -0.4 is 4.90 Å². The number of hydrogen-bond acceptors (Lipinski definition) is 7. The number of rotatable bonds is 8. The minimum atomic E-state index is 0.0755. The van der Waals surface area contributed by atoms with Gasteiger partial charge in [-0.1, -0.05) is 55.4 Å². The minimum Gasteiger partial charge on any atom is -0.395 e. The fraction of sp³-hybridized carbons (Fsp3) is 0.400. The van der Waals surface area contributed by atoms with E-state index >= 15 is 0 Å². The van der Waals surface area contributed by atoms with Crippen LogP contribution in [0.3, 0.4) is 0 Å². The average molecular weight is 465 g/mol. The molecule has 1 aliphatic rings. The van der Waals surface area contributed by atoms with Gasteiger partial charge >= 0.3 is 0 Å². The summed E-state index contributed by atoms with van der Waals surface area (Å²) >= 11 is 3.28. The van der Waals surface area contributed by atoms with Crippen LogP contribution in [0.1, 0.15) is 42.1 Å². The van der Waals surface area contributed by atoms with Crippen molar-refractivity contribution in [3.8, 4) is 0 Å². The number of benzene rings is 1. The van der Waals surface area contributed by atoms with Gasteiger partial charge in [-0.2, -0.15) is 0 Å². The summed E-state index contributed by atoms with van der Waals surface area (Å²) in [6.07, 6.45) is 7.60. The Kier molecular flexibility index (Phi) is 6.31. The Labute approximate surface area is 196 Å². The number of fused-ring (bicyclic) bond motifs is 5. The third-order valence-electron chi connectivity index (χ3n) is 6.14. The zero-order valence-electron chi connectivity index (χ0n) is 18.6. The van der Waals surface area contributed by atoms with Crippen molar-refractivity contribution in [3.63, 3.8) is 0 Å². The van der Waals surface area contributed by atoms with E-state index in [0.29, 0.717) is 13.1 Å². The lowest BCUT2D eigenvalue weighted by Crippen LogP contribution is -2.27. The number of aromatic nitrogens is 3. The number of aliphatic hydroxyl groups is 1. The van der Waals surface area contributed by atoms with Gasteiger partial charge in [-0.15, -0.1) is 11.3 Å². The van der Waals surface area contributed by atoms with E-state index in [-0.39, 0.29) is 6.61 Å². The molecule has 1 aromatic carbocycles. The third kappa shape index (κ3) is 3.87. The SMILES string of the molecule is CCCc1nc2sc3c(N(CCO)Cc4ccccc4)nc(SC)nc3c2c2c1CCC2. The van der Waals surface area contributed by atoms with E-state index in [4.69, 9.17) is 15.0 Å². The third-order valence-corrected chi connectivity index (χ3v) is 7.75. The Morgan fingerprint density at radius 3 is 2.66 bits per heavy atom. The average Bonchev–Trinajstić information content (AvgIpc) is 3.43. The number of thioether (sulfide) groups is 1. The number of aryl methyl sites for hydroxylation is 2. The Bertz CT molecular complexity index is 1260. The van der Waals surface area contributed by atoms with Crippen LogP contribution in [0, 0.1) is 0 Å². The van der Waals surface area contributed by atoms with Gasteiger partial charge in [-0.3, -0.25) is 0 Å². The van der Waals surface area contributed by atoms with Crippen LogP contribution in [-0.2, 0) is 25.8 Å². The molecule has 0 fully saturated rings. The maximum Gasteiger partial charge on any atom is 0.189 e. The number of aliphatic hydroxyl groups excluding tert-OH is 1. The topological polar surface area (TPSA) is 62.1 Å². The summed E-state index contributed by atoms with van der Waals surface area (Å²) in [5.74, 6) is 0.907. The highest BCUT2D eigenvalue weighted by Crippen LogP contribution is 2.43. The summed E-state index contributed by atoms with van der Waals surface area (Å²) < 4.78 is 1.08. The second-order valence-corrected chi connectivity index (χ2v) is 10.0. The van der Waals surface area contributed by atoms with E-state index in [1.807, 2.05) is 12.3 Å². The lowest BCUT2D eigenvalue weighted by molar-refractivity contribution is 0.301. The molecule has 5 rings (SSSR count). The zero-order valence-corrected chi connectivity index (χ0v) is 20.2. The molecule has 7 heteroatoms. The molecule has 0 radical (unpaired) electrons. The Hall–Kier alpha value is -2.22. The standard InChI is InChI=1S/C25H28N4OS2/c1-3-8-19-17-11-7-12-18(17)20-21-22(32-24(20)26-19)23(28-25(27-21)31-2)29(13-14-30)15-16-9-5-4-6-10-16/h4-6,9-10,30H,3,7-8,11-15H2,1-2H3. The van der Waals surface area contributed by atoms with E-state index in [2.05, 4.69) is 36.1 Å². The molecule has 3 heterocycles. The summed E-state index contributed by atoms with van der Waals surface area (Å²) in [5.41, 5.74) is 6.42. The summed E-state index contributed by atoms with van der Waals surface area (Å²) in [6.45, 7) is 3.52. The molecule has 4 aromatic rings. The summed E-state index contributed by atoms with van der Waals surface area (Å²) in [6, 6.07) is 10.4. The van der Waals surface area contributed by atoms with Crippen molar-refractivity contribution in [2.24, 2.45) is 0 Å². The van der Waals surface area contributed by atoms with Crippen LogP contribution in [0.2, 0.25) is 0 Å². The normalized spacial score (nSPS) is 13.2. The maximum absolute atomic E-state index is 9.84. The van der Waals surface area contributed by atoms with Crippen molar-refractivity contribution in [3.05, 3.63) is 52.7 Å². The lowest BCUT2D eigenvalue weighted by atomic mass is 10.0. The highest BCUT2D eigenvalue weighted by Gasteiger charge is 2.26. The largest absolute Gasteiger partial charge is 0.395 e. The molecule has 1 N–H and O–H groups in total. The lowest BCUT2D eigenvalue weighted by Gasteiger charge is -2.23. The molecule has 3 aromatic heterocycles. The molecule has 0 amide bonds. The van der Waals surface area contributed by atoms with Gasteiger partial charge in [-0.25, -0.2) is 15.0 Å². The number of hydrogen-bond donors (Lipinski definition) is 1. The Morgan fingerprint density at radius 1 is 1.09 bits per heavy atom. The first kappa shape index (κ1) is 21.6. The summed E-state index contributed by atoms with van der Waals surface area (Å²) in [5, 5.41) is 11.8. The van der Waals surface area contributed by atoms with Crippen LogP contribution >= 0.6 is 23.1 Å². The van der Waals surface area contributed by atoms with E-state index < -0.39 is 0 Å². The van der Waals surface area contributed by atoms with Gasteiger partial charge in [0.05, 0.1) is 16.8 Å². The van der Waals surface area contributed by atoms with Gasteiger partial charge in [0.2, 0.25) is 0 Å². The molecule has 0 bridgehead atoms. The van der Waals surface area contributed by atoms with Gasteiger partial charge < -0.3 is 10.0 Å². The van der Waals surface area contributed by atoms with Crippen molar-refractivity contribution in [1.82, 2.24) is 15.0 Å². The molecule has 0 spiro atoms. The highest BCUT2D eigenvalue weighted by molar-refractivity contribution is 7.98. The van der Waals surface area contributed by atoms with E-state index in [9.17, 15) is 5.11 Å². The highest BCUT2D eigenvalue weighted by atomic mass is 32.2. The second-order valence-electron chi connectivity index (χ2n) is 8.24. The molecule has 0 atom stereocenters. The number of thiophene rings is 1. The number of anilines is 1. The number of nitrogens with zero attached hydrogens (tertiary/aromatic N) is 4. The molecule has 0 unspecified atom stereocenters. The minimum absolute atomic E-state index is 0.0755. The van der Waals surface area contributed by atoms with E-state index in [0.717, 1.165) is 51.7 Å². The van der Waals surface area contributed by atoms with Gasteiger partial charge in [0.1, 0.15) is 4.83 Å². The summed E-state index contributed by atoms with van der Waals surface area (Å²) in [4.78, 5) is 18.3. The van der Waals surface area contributed by atoms with Crippen LogP contribution in [0.4, 0.5) is 5.82 Å². The van der Waals surface area contributed by atoms with Crippen molar-refractivity contribution in [2.45, 2.75) is 50.7 Å². The predicted octanol–water partition coefficient (Wildman–Crippen LogP) is 5.40. The van der Waals surface area contributed by atoms with Gasteiger partial charge in [0.25, 0.3) is 0 Å². The van der Waals surface area contributed by atoms with Crippen LogP contribution in [0.5, 0.6) is 0 Å².